The van der Waals surface area contributed by atoms with Crippen LogP contribution in [0.15, 0.2) is 36.0 Å². The quantitative estimate of drug-likeness (QED) is 0.292. The fourth-order valence-electron chi connectivity index (χ4n) is 0.905. The van der Waals surface area contributed by atoms with Gasteiger partial charge in [-0.25, -0.2) is 4.79 Å². The van der Waals surface area contributed by atoms with Crippen molar-refractivity contribution in [2.24, 2.45) is 0 Å². The van der Waals surface area contributed by atoms with Crippen LogP contribution in [0.25, 0.3) is 0 Å². The molecule has 0 amide bonds. The number of rotatable bonds is 6. The van der Waals surface area contributed by atoms with Crippen LogP contribution in [0.2, 0.25) is 0 Å². The molecular formula is C12H18O3. The van der Waals surface area contributed by atoms with Gasteiger partial charge in [-0.05, 0) is 19.4 Å². The van der Waals surface area contributed by atoms with E-state index in [9.17, 15) is 4.79 Å². The van der Waals surface area contributed by atoms with Crippen molar-refractivity contribution in [2.45, 2.75) is 20.3 Å². The Balaban J connectivity index is 4.39. The highest BCUT2D eigenvalue weighted by molar-refractivity contribution is 5.91. The minimum absolute atomic E-state index is 0.0165. The van der Waals surface area contributed by atoms with Gasteiger partial charge in [-0.15, -0.1) is 0 Å². The molecular weight excluding hydrogens is 192 g/mol. The molecule has 0 atom stereocenters. The number of methoxy groups -OCH3 is 1. The van der Waals surface area contributed by atoms with Gasteiger partial charge in [0.25, 0.3) is 0 Å². The van der Waals surface area contributed by atoms with Gasteiger partial charge in [-0.1, -0.05) is 31.2 Å². The van der Waals surface area contributed by atoms with Crippen molar-refractivity contribution < 1.29 is 14.3 Å². The molecule has 0 unspecified atom stereocenters. The summed E-state index contributed by atoms with van der Waals surface area (Å²) in [5.41, 5.74) is 0.549. The molecule has 0 aliphatic rings. The number of carbonyl (C=O) groups is 1. The zero-order chi connectivity index (χ0) is 11.5. The largest absolute Gasteiger partial charge is 0.435 e. The van der Waals surface area contributed by atoms with E-state index < -0.39 is 0 Å². The second-order valence-corrected chi connectivity index (χ2v) is 2.79. The van der Waals surface area contributed by atoms with E-state index in [-0.39, 0.29) is 12.8 Å². The van der Waals surface area contributed by atoms with Crippen molar-refractivity contribution >= 4 is 5.97 Å². The first-order chi connectivity index (χ1) is 7.26. The average molecular weight is 210 g/mol. The summed E-state index contributed by atoms with van der Waals surface area (Å²) in [6.07, 6.45) is 9.88. The smallest absolute Gasteiger partial charge is 0.339 e. The van der Waals surface area contributed by atoms with E-state index >= 15 is 0 Å². The minimum atomic E-state index is -0.362. The van der Waals surface area contributed by atoms with Gasteiger partial charge in [0.2, 0.25) is 0 Å². The van der Waals surface area contributed by atoms with Gasteiger partial charge in [-0.3, -0.25) is 0 Å². The third kappa shape index (κ3) is 6.69. The molecule has 0 saturated heterocycles. The van der Waals surface area contributed by atoms with Crippen molar-refractivity contribution in [3.05, 3.63) is 36.0 Å². The van der Waals surface area contributed by atoms with Crippen molar-refractivity contribution in [2.75, 3.05) is 13.9 Å². The molecule has 0 radical (unpaired) electrons. The van der Waals surface area contributed by atoms with Gasteiger partial charge in [0, 0.05) is 7.11 Å². The number of esters is 1. The third-order valence-corrected chi connectivity index (χ3v) is 1.55. The highest BCUT2D eigenvalue weighted by Crippen LogP contribution is 2.03. The first kappa shape index (κ1) is 13.7. The van der Waals surface area contributed by atoms with E-state index in [1.165, 1.54) is 7.11 Å². The van der Waals surface area contributed by atoms with Crippen LogP contribution in [0, 0.1) is 0 Å². The summed E-state index contributed by atoms with van der Waals surface area (Å²) in [6.45, 7) is 3.86. The van der Waals surface area contributed by atoms with Crippen LogP contribution in [0.1, 0.15) is 20.3 Å². The molecule has 3 nitrogen and oxygen atoms in total. The molecule has 0 aliphatic carbocycles. The van der Waals surface area contributed by atoms with Crippen LogP contribution in [0.3, 0.4) is 0 Å². The Hall–Kier alpha value is -1.35. The van der Waals surface area contributed by atoms with Crippen molar-refractivity contribution in [1.82, 2.24) is 0 Å². The summed E-state index contributed by atoms with van der Waals surface area (Å²) in [4.78, 5) is 11.4. The highest BCUT2D eigenvalue weighted by Gasteiger charge is 2.05. The van der Waals surface area contributed by atoms with Crippen LogP contribution in [-0.4, -0.2) is 19.9 Å². The van der Waals surface area contributed by atoms with E-state index in [0.29, 0.717) is 5.57 Å². The number of hydrogen-bond acceptors (Lipinski definition) is 3. The Bertz CT molecular complexity index is 262. The fraction of sp³-hybridized carbons (Fsp3) is 0.417. The van der Waals surface area contributed by atoms with Crippen LogP contribution in [-0.2, 0) is 14.3 Å². The molecule has 0 bridgehead atoms. The minimum Gasteiger partial charge on any atom is -0.435 e. The zero-order valence-electron chi connectivity index (χ0n) is 9.53. The topological polar surface area (TPSA) is 35.5 Å². The van der Waals surface area contributed by atoms with Crippen LogP contribution < -0.4 is 0 Å². The maximum Gasteiger partial charge on any atom is 0.339 e. The molecule has 0 aromatic heterocycles. The van der Waals surface area contributed by atoms with Crippen LogP contribution in [0.5, 0.6) is 0 Å². The van der Waals surface area contributed by atoms with Gasteiger partial charge < -0.3 is 9.47 Å². The summed E-state index contributed by atoms with van der Waals surface area (Å²) in [6, 6.07) is 0. The molecule has 15 heavy (non-hydrogen) atoms. The Kier molecular flexibility index (Phi) is 8.39. The SMILES string of the molecule is C\C=C/C=C\C(=C/CC)C(=O)OCOC. The van der Waals surface area contributed by atoms with Crippen molar-refractivity contribution in [3.63, 3.8) is 0 Å². The van der Waals surface area contributed by atoms with Crippen molar-refractivity contribution in [1.29, 1.82) is 0 Å². The maximum absolute atomic E-state index is 11.4. The molecule has 0 aliphatic heterocycles. The number of ether oxygens (including phenoxy) is 2. The lowest BCUT2D eigenvalue weighted by Gasteiger charge is -2.03. The first-order valence-corrected chi connectivity index (χ1v) is 4.91. The maximum atomic E-state index is 11.4. The molecule has 0 aromatic carbocycles. The summed E-state index contributed by atoms with van der Waals surface area (Å²) in [7, 11) is 1.48. The van der Waals surface area contributed by atoms with E-state index in [1.807, 2.05) is 32.1 Å². The predicted octanol–water partition coefficient (Wildman–Crippen LogP) is 2.60. The van der Waals surface area contributed by atoms with Crippen LogP contribution in [0.4, 0.5) is 0 Å². The van der Waals surface area contributed by atoms with Gasteiger partial charge >= 0.3 is 5.97 Å². The van der Waals surface area contributed by atoms with Crippen LogP contribution >= 0.6 is 0 Å². The Morgan fingerprint density at radius 1 is 1.33 bits per heavy atom. The van der Waals surface area contributed by atoms with Crippen molar-refractivity contribution in [3.8, 4) is 0 Å². The molecule has 0 spiro atoms. The molecule has 3 heteroatoms. The zero-order valence-corrected chi connectivity index (χ0v) is 9.53. The van der Waals surface area contributed by atoms with E-state index in [1.54, 1.807) is 12.2 Å². The summed E-state index contributed by atoms with van der Waals surface area (Å²) in [5.74, 6) is -0.362. The van der Waals surface area contributed by atoms with E-state index in [0.717, 1.165) is 6.42 Å². The number of hydrogen-bond donors (Lipinski definition) is 0. The normalized spacial score (nSPS) is 12.6. The Labute approximate surface area is 91.1 Å². The third-order valence-electron chi connectivity index (χ3n) is 1.55. The van der Waals surface area contributed by atoms with Gasteiger partial charge in [0.05, 0.1) is 5.57 Å². The monoisotopic (exact) mass is 210 g/mol. The molecule has 0 aromatic rings. The Morgan fingerprint density at radius 3 is 2.60 bits per heavy atom. The standard InChI is InChI=1S/C12H18O3/c1-4-6-7-9-11(8-5-2)12(13)15-10-14-3/h4,6-9H,5,10H2,1-3H3/b6-4-,9-7-,11-8+. The molecule has 0 rings (SSSR count). The summed E-state index contributed by atoms with van der Waals surface area (Å²) >= 11 is 0. The van der Waals surface area contributed by atoms with Gasteiger partial charge in [0.15, 0.2) is 6.79 Å². The second kappa shape index (κ2) is 9.21. The predicted molar refractivity (Wildman–Crippen MR) is 60.3 cm³/mol. The van der Waals surface area contributed by atoms with Gasteiger partial charge in [-0.2, -0.15) is 0 Å². The molecule has 84 valence electrons. The van der Waals surface area contributed by atoms with Gasteiger partial charge in [0.1, 0.15) is 0 Å². The molecule has 0 N–H and O–H groups in total. The molecule has 0 heterocycles. The number of carbonyl (C=O) groups excluding carboxylic acids is 1. The molecule has 0 saturated carbocycles. The Morgan fingerprint density at radius 2 is 2.07 bits per heavy atom. The second-order valence-electron chi connectivity index (χ2n) is 2.79. The lowest BCUT2D eigenvalue weighted by Crippen LogP contribution is -2.08. The highest BCUT2D eigenvalue weighted by atomic mass is 16.7. The lowest BCUT2D eigenvalue weighted by atomic mass is 10.2. The van der Waals surface area contributed by atoms with E-state index in [4.69, 9.17) is 4.74 Å². The lowest BCUT2D eigenvalue weighted by molar-refractivity contribution is -0.148. The number of allylic oxidation sites excluding steroid dienone is 4. The summed E-state index contributed by atoms with van der Waals surface area (Å²) < 4.78 is 9.49. The first-order valence-electron chi connectivity index (χ1n) is 4.91. The average Bonchev–Trinajstić information content (AvgIpc) is 2.25. The summed E-state index contributed by atoms with van der Waals surface area (Å²) in [5, 5.41) is 0. The van der Waals surface area contributed by atoms with E-state index in [2.05, 4.69) is 4.74 Å². The fourth-order valence-corrected chi connectivity index (χ4v) is 0.905. The molecule has 0 fully saturated rings.